The van der Waals surface area contributed by atoms with E-state index in [-0.39, 0.29) is 98.8 Å². The van der Waals surface area contributed by atoms with Crippen LogP contribution in [0.4, 0.5) is 35.1 Å². The number of aromatic nitrogens is 15. The Labute approximate surface area is 841 Å². The van der Waals surface area contributed by atoms with E-state index >= 15 is 0 Å². The van der Waals surface area contributed by atoms with Gasteiger partial charge in [0.1, 0.15) is 34.0 Å². The Hall–Kier alpha value is -16.5. The van der Waals surface area contributed by atoms with Crippen LogP contribution in [-0.2, 0) is 81.2 Å². The molecule has 0 spiro atoms. The van der Waals surface area contributed by atoms with Crippen molar-refractivity contribution in [1.82, 2.24) is 104 Å². The van der Waals surface area contributed by atoms with Gasteiger partial charge in [-0.15, -0.1) is 0 Å². The van der Waals surface area contributed by atoms with Gasteiger partial charge in [-0.25, -0.2) is 97.0 Å². The zero-order valence-electron chi connectivity index (χ0n) is 81.0. The largest absolute Gasteiger partial charge is 0.480 e. The van der Waals surface area contributed by atoms with Gasteiger partial charge in [0.25, 0.3) is 23.6 Å². The van der Waals surface area contributed by atoms with Crippen LogP contribution in [-0.4, -0.2) is 178 Å². The maximum absolute atomic E-state index is 13.7. The van der Waals surface area contributed by atoms with Crippen LogP contribution in [0.1, 0.15) is 224 Å². The molecule has 0 unspecified atom stereocenters. The molecule has 2 atom stereocenters. The van der Waals surface area contributed by atoms with Crippen LogP contribution in [0.2, 0.25) is 0 Å². The summed E-state index contributed by atoms with van der Waals surface area (Å²) in [5.74, 6) is -12.8. The van der Waals surface area contributed by atoms with Crippen molar-refractivity contribution in [2.75, 3.05) is 20.2 Å². The first-order valence-electron chi connectivity index (χ1n) is 45.8. The molecule has 2 aliphatic carbocycles. The first-order valence-corrected chi connectivity index (χ1v) is 46.9. The molecule has 4 amide bonds. The average Bonchev–Trinajstić information content (AvgIpc) is 1.63. The van der Waals surface area contributed by atoms with Crippen LogP contribution in [0.5, 0.6) is 0 Å². The summed E-state index contributed by atoms with van der Waals surface area (Å²) in [6.45, 7) is 18.3. The fraction of sp³-hybridized carbons (Fsp3) is 0.272. The molecule has 35 nitrogen and oxygen atoms in total. The number of nitrogens with one attached hydrogen (secondary N) is 4. The number of ether oxygens (including phenoxy) is 3. The molecule has 16 aromatic rings. The van der Waals surface area contributed by atoms with Crippen LogP contribution < -0.4 is 21.3 Å². The van der Waals surface area contributed by atoms with Crippen LogP contribution in [0.3, 0.4) is 0 Å². The second kappa shape index (κ2) is 46.0. The summed E-state index contributed by atoms with van der Waals surface area (Å²) in [4.78, 5) is 137. The van der Waals surface area contributed by atoms with Gasteiger partial charge in [-0.2, -0.15) is 25.5 Å². The molecule has 762 valence electrons. The lowest BCUT2D eigenvalue weighted by molar-refractivity contribution is -0.157. The lowest BCUT2D eigenvalue weighted by atomic mass is 9.97. The normalized spacial score (nSPS) is 13.0. The lowest BCUT2D eigenvalue weighted by Crippen LogP contribution is -2.37. The third kappa shape index (κ3) is 26.2. The summed E-state index contributed by atoms with van der Waals surface area (Å²) in [6.07, 6.45) is 10.5. The number of carbonyl (C=O) groups is 9. The van der Waals surface area contributed by atoms with Crippen molar-refractivity contribution in [1.29, 1.82) is 0 Å². The molecule has 6 N–H and O–H groups in total. The molecule has 44 heteroatoms. The number of aryl methyl sites for hydroxylation is 2. The second-order valence-corrected chi connectivity index (χ2v) is 36.7. The number of aromatic carboxylic acids is 1. The van der Waals surface area contributed by atoms with Gasteiger partial charge in [-0.3, -0.25) is 38.6 Å². The van der Waals surface area contributed by atoms with E-state index in [0.29, 0.717) is 110 Å². The van der Waals surface area contributed by atoms with Crippen molar-refractivity contribution in [3.63, 3.8) is 0 Å². The van der Waals surface area contributed by atoms with E-state index in [2.05, 4.69) is 92.3 Å². The third-order valence-corrected chi connectivity index (χ3v) is 24.0. The van der Waals surface area contributed by atoms with Crippen molar-refractivity contribution in [2.24, 2.45) is 0 Å². The van der Waals surface area contributed by atoms with Gasteiger partial charge >= 0.3 is 29.8 Å². The molecule has 0 saturated carbocycles. The zero-order chi connectivity index (χ0) is 106. The van der Waals surface area contributed by atoms with E-state index in [9.17, 15) is 88.5 Å². The van der Waals surface area contributed by atoms with E-state index < -0.39 is 105 Å². The Bertz CT molecular complexity index is 7750. The van der Waals surface area contributed by atoms with Crippen molar-refractivity contribution < 1.29 is 103 Å². The lowest BCUT2D eigenvalue weighted by Gasteiger charge is -2.30. The second-order valence-electron chi connectivity index (χ2n) is 36.1. The molecule has 0 fully saturated rings. The van der Waals surface area contributed by atoms with Gasteiger partial charge in [-0.1, -0.05) is 52.3 Å². The summed E-state index contributed by atoms with van der Waals surface area (Å²) in [5, 5.41) is 51.3. The summed E-state index contributed by atoms with van der Waals surface area (Å²) >= 11 is 3.34. The van der Waals surface area contributed by atoms with E-state index in [4.69, 9.17) is 9.47 Å². The van der Waals surface area contributed by atoms with Crippen LogP contribution in [0.15, 0.2) is 189 Å². The van der Waals surface area contributed by atoms with Crippen molar-refractivity contribution in [3.8, 4) is 0 Å². The number of hydrogen-bond acceptors (Lipinski definition) is 24. The number of methoxy groups -OCH3 is 1. The van der Waals surface area contributed by atoms with Crippen LogP contribution >= 0.6 is 15.9 Å². The Morgan fingerprint density at radius 3 is 1.05 bits per heavy atom. The number of halogens is 9. The number of benzene rings is 6. The number of fused-ring (bicyclic) bond motifs is 7. The molecule has 2 aliphatic rings. The van der Waals surface area contributed by atoms with Gasteiger partial charge < -0.3 is 45.7 Å². The van der Waals surface area contributed by atoms with E-state index in [1.165, 1.54) is 48.2 Å². The molecule has 0 bridgehead atoms. The number of alkyl halides is 1. The van der Waals surface area contributed by atoms with E-state index in [1.807, 2.05) is 73.3 Å². The predicted molar refractivity (Wildman–Crippen MR) is 519 cm³/mol. The number of carbonyl (C=O) groups excluding carboxylic acids is 7. The van der Waals surface area contributed by atoms with Gasteiger partial charge in [0.05, 0.1) is 79.4 Å². The highest BCUT2D eigenvalue weighted by Crippen LogP contribution is 2.42. The van der Waals surface area contributed by atoms with Gasteiger partial charge in [0.2, 0.25) is 0 Å². The number of amides is 4. The van der Waals surface area contributed by atoms with E-state index in [1.54, 1.807) is 127 Å². The molecule has 10 heterocycles. The highest BCUT2D eigenvalue weighted by molar-refractivity contribution is 9.08. The number of nitrogens with zero attached hydrogens (tertiary/aromatic N) is 17. The minimum Gasteiger partial charge on any atom is -0.480 e. The fourth-order valence-electron chi connectivity index (χ4n) is 16.7. The quantitative estimate of drug-likeness (QED) is 0.0127. The number of esters is 3. The molecule has 10 aromatic heterocycles. The fourth-order valence-corrected chi connectivity index (χ4v) is 17.1. The Balaban J connectivity index is 0.000000154. The van der Waals surface area contributed by atoms with Gasteiger partial charge in [0, 0.05) is 98.4 Å². The van der Waals surface area contributed by atoms with Crippen LogP contribution in [0, 0.1) is 74.2 Å². The SMILES string of the molecule is COC(=O)c1cc(C)n2nccc2n1.Cc1c(C(=O)O)ccc2c1CC[C@@H]2N(CC(=O)O)Cc1cc(C(=O)NCc2ccc(F)c(F)c2)nc2ccnn12.Cc1c(C(=O)OC(C)(C)C)ccc2c1CC[C@@H]2N(CC(=O)OC(C)(C)C)Cc1cc(C(=O)NCc2ccc(F)c(F)c2)nc2ccnn12.Cc1cc(C(=O)NCc2ccc(F)c(F)c2)nc2ccnn12.O=C(NCc1ccc(F)c(F)c1)c1cc(CBr)n2nccc2n1. The number of carboxylic acid groups (broad SMARTS) is 2. The molecule has 147 heavy (non-hydrogen) atoms. The summed E-state index contributed by atoms with van der Waals surface area (Å²) < 4.78 is 130. The van der Waals surface area contributed by atoms with E-state index in [0.717, 1.165) is 93.4 Å². The number of hydrogen-bond donors (Lipinski definition) is 6. The summed E-state index contributed by atoms with van der Waals surface area (Å²) in [7, 11) is 1.33. The standard InChI is InChI=1S/C36H41F2N5O5.C28H25F2N5O5.C15H11BrF2N4O.C15H12F2N4O.C9H9N3O2/c1-21-24-11-13-30(26(24)10-9-25(21)34(46)48-36(5,6)7)42(20-32(44)47-35(2,3)4)19-23-17-29(41-31-14-15-40-43(23)31)33(45)39-18-22-8-12-27(37)28(38)16-22;1-15-18-5-7-24(20(18)4-3-19(15)28(39)40)34(14-26(36)37)13-17-11-23(33-25-8-9-32-35(17)25)27(38)31-12-16-2-6-21(29)22(30)10-16;16-7-10-6-13(21-14-3-4-20-22(10)14)15(23)19-8-9-1-2-11(17)12(18)5-9;1-9-6-13(20-14-4-5-19-21(9)14)15(22)18-8-10-2-3-11(16)12(17)7-10;1-6-5-7(9(13)14-2)11-8-3-4-10-12(6)8/h8-10,12,14-17,30H,11,13,18-20H2,1-7H3,(H,39,45);2-4,6,8-11,24H,5,7,12-14H2,1H3,(H,31,38)(H,36,37)(H,39,40);1-6H,7-8H2,(H,19,23);2-7H,8H2,1H3,(H,18,22);3-5H,1-2H3/t30-;24-;;;/m00.../s1. The Morgan fingerprint density at radius 2 is 0.707 bits per heavy atom. The average molecular weight is 2090 g/mol. The number of aliphatic carboxylic acids is 1. The monoisotopic (exact) mass is 2080 g/mol. The van der Waals surface area contributed by atoms with Gasteiger partial charge in [0.15, 0.2) is 80.5 Å². The number of rotatable bonds is 26. The van der Waals surface area contributed by atoms with Crippen molar-refractivity contribution in [3.05, 3.63) is 359 Å². The van der Waals surface area contributed by atoms with Gasteiger partial charge in [-0.05, 0) is 242 Å². The first-order chi connectivity index (χ1) is 69.9. The summed E-state index contributed by atoms with van der Waals surface area (Å²) in [5.41, 5.74) is 13.4. The summed E-state index contributed by atoms with van der Waals surface area (Å²) in [6, 6.07) is 36.6. The molecule has 0 aliphatic heterocycles. The molecule has 0 radical (unpaired) electrons. The third-order valence-electron chi connectivity index (χ3n) is 23.5. The van der Waals surface area contributed by atoms with Crippen molar-refractivity contribution >= 4 is 97.6 Å². The highest BCUT2D eigenvalue weighted by atomic mass is 79.9. The van der Waals surface area contributed by atoms with Crippen LogP contribution in [0.25, 0.3) is 28.2 Å². The van der Waals surface area contributed by atoms with Crippen molar-refractivity contribution in [2.45, 2.75) is 163 Å². The molecular formula is C103H98BrF8N21O14. The minimum atomic E-state index is -1.04. The maximum Gasteiger partial charge on any atom is 0.356 e. The topological polar surface area (TPSA) is 427 Å². The minimum absolute atomic E-state index is 0.0360. The Kier molecular flexibility index (Phi) is 33.3. The zero-order valence-corrected chi connectivity index (χ0v) is 82.6. The molecular weight excluding hydrogens is 1990 g/mol. The predicted octanol–water partition coefficient (Wildman–Crippen LogP) is 15.5. The molecule has 0 saturated heterocycles. The maximum atomic E-state index is 13.7. The molecule has 6 aromatic carbocycles. The smallest absolute Gasteiger partial charge is 0.356 e. The Morgan fingerprint density at radius 1 is 0.388 bits per heavy atom. The highest BCUT2D eigenvalue weighted by Gasteiger charge is 2.37. The number of carboxylic acids is 2. The first kappa shape index (κ1) is 106. The molecule has 18 rings (SSSR count).